The number of aromatic nitrogens is 2. The van der Waals surface area contributed by atoms with Crippen LogP contribution < -0.4 is 15.2 Å². The molecule has 6 nitrogen and oxygen atoms in total. The van der Waals surface area contributed by atoms with E-state index in [0.29, 0.717) is 33.0 Å². The number of benzene rings is 1. The van der Waals surface area contributed by atoms with Crippen LogP contribution in [0.4, 0.5) is 0 Å². The first kappa shape index (κ1) is 11.3. The van der Waals surface area contributed by atoms with Crippen LogP contribution in [0.25, 0.3) is 11.0 Å². The highest BCUT2D eigenvalue weighted by atomic mass is 16.6. The van der Waals surface area contributed by atoms with E-state index in [4.69, 9.17) is 19.9 Å². The molecular weight excluding hydrogens is 234 g/mol. The van der Waals surface area contributed by atoms with Gasteiger partial charge in [0.05, 0.1) is 17.6 Å². The second kappa shape index (κ2) is 4.83. The molecule has 0 saturated heterocycles. The summed E-state index contributed by atoms with van der Waals surface area (Å²) in [5, 5.41) is 0. The Morgan fingerprint density at radius 1 is 1.28 bits per heavy atom. The van der Waals surface area contributed by atoms with E-state index >= 15 is 0 Å². The number of nitrogens with two attached hydrogens (primary N) is 1. The van der Waals surface area contributed by atoms with Crippen LogP contribution in [0.1, 0.15) is 5.82 Å². The molecule has 3 rings (SSSR count). The largest absolute Gasteiger partial charge is 0.486 e. The van der Waals surface area contributed by atoms with Crippen molar-refractivity contribution < 1.29 is 14.2 Å². The molecule has 1 aromatic heterocycles. The van der Waals surface area contributed by atoms with Gasteiger partial charge in [-0.3, -0.25) is 0 Å². The fourth-order valence-electron chi connectivity index (χ4n) is 1.92. The Hall–Kier alpha value is -1.79. The van der Waals surface area contributed by atoms with Crippen molar-refractivity contribution in [1.82, 2.24) is 9.97 Å². The van der Waals surface area contributed by atoms with Gasteiger partial charge in [0.15, 0.2) is 11.5 Å². The van der Waals surface area contributed by atoms with Gasteiger partial charge in [0, 0.05) is 18.7 Å². The molecule has 1 aromatic carbocycles. The monoisotopic (exact) mass is 249 g/mol. The zero-order valence-electron chi connectivity index (χ0n) is 9.94. The Balaban J connectivity index is 1.87. The molecule has 18 heavy (non-hydrogen) atoms. The van der Waals surface area contributed by atoms with Crippen molar-refractivity contribution in [2.24, 2.45) is 5.73 Å². The molecule has 3 N–H and O–H groups in total. The van der Waals surface area contributed by atoms with E-state index < -0.39 is 0 Å². The fraction of sp³-hybridized carbons (Fsp3) is 0.417. The molecule has 0 saturated carbocycles. The molecular formula is C12H15N3O3. The second-order valence-electron chi connectivity index (χ2n) is 4.04. The number of H-pyrrole nitrogens is 1. The van der Waals surface area contributed by atoms with Crippen molar-refractivity contribution in [3.05, 3.63) is 18.0 Å². The maximum atomic E-state index is 5.52. The smallest absolute Gasteiger partial charge is 0.163 e. The van der Waals surface area contributed by atoms with Gasteiger partial charge in [-0.2, -0.15) is 0 Å². The molecule has 6 heteroatoms. The Labute approximate surface area is 104 Å². The number of nitrogens with zero attached hydrogens (tertiary/aromatic N) is 1. The number of fused-ring (bicyclic) bond motifs is 2. The van der Waals surface area contributed by atoms with Crippen LogP contribution in [0.3, 0.4) is 0 Å². The lowest BCUT2D eigenvalue weighted by atomic mass is 10.2. The predicted molar refractivity (Wildman–Crippen MR) is 65.8 cm³/mol. The van der Waals surface area contributed by atoms with Crippen LogP contribution in [-0.2, 0) is 11.3 Å². The average molecular weight is 249 g/mol. The number of rotatable bonds is 4. The van der Waals surface area contributed by atoms with Gasteiger partial charge in [0.25, 0.3) is 0 Å². The van der Waals surface area contributed by atoms with Gasteiger partial charge < -0.3 is 24.9 Å². The van der Waals surface area contributed by atoms with Crippen molar-refractivity contribution >= 4 is 11.0 Å². The molecule has 0 radical (unpaired) electrons. The van der Waals surface area contributed by atoms with Gasteiger partial charge in [-0.25, -0.2) is 4.98 Å². The number of nitrogens with one attached hydrogen (secondary N) is 1. The zero-order valence-corrected chi connectivity index (χ0v) is 9.94. The van der Waals surface area contributed by atoms with E-state index in [1.54, 1.807) is 0 Å². The molecule has 1 aliphatic rings. The van der Waals surface area contributed by atoms with E-state index in [0.717, 1.165) is 28.4 Å². The summed E-state index contributed by atoms with van der Waals surface area (Å²) < 4.78 is 16.4. The minimum atomic E-state index is 0.429. The molecule has 1 aliphatic heterocycles. The third-order valence-electron chi connectivity index (χ3n) is 2.70. The van der Waals surface area contributed by atoms with Gasteiger partial charge in [-0.15, -0.1) is 0 Å². The molecule has 0 spiro atoms. The van der Waals surface area contributed by atoms with E-state index in [1.165, 1.54) is 0 Å². The quantitative estimate of drug-likeness (QED) is 0.783. The van der Waals surface area contributed by atoms with Crippen LogP contribution in [-0.4, -0.2) is 36.3 Å². The standard InChI is InChI=1S/C12H15N3O3/c13-1-2-16-7-12-14-8-5-10-11(6-9(8)15-12)18-4-3-17-10/h5-6H,1-4,7,13H2,(H,14,15). The minimum Gasteiger partial charge on any atom is -0.486 e. The summed E-state index contributed by atoms with van der Waals surface area (Å²) in [6, 6.07) is 3.79. The summed E-state index contributed by atoms with van der Waals surface area (Å²) in [6.45, 7) is 2.63. The summed E-state index contributed by atoms with van der Waals surface area (Å²) in [6.07, 6.45) is 0. The average Bonchev–Trinajstić information content (AvgIpc) is 2.77. The normalized spacial score (nSPS) is 14.1. The number of aromatic amines is 1. The van der Waals surface area contributed by atoms with Gasteiger partial charge in [0.2, 0.25) is 0 Å². The first-order valence-electron chi connectivity index (χ1n) is 5.93. The summed E-state index contributed by atoms with van der Waals surface area (Å²) in [7, 11) is 0. The first-order chi connectivity index (χ1) is 8.86. The Morgan fingerprint density at radius 2 is 2.06 bits per heavy atom. The van der Waals surface area contributed by atoms with Gasteiger partial charge in [-0.1, -0.05) is 0 Å². The van der Waals surface area contributed by atoms with E-state index in [1.807, 2.05) is 12.1 Å². The highest BCUT2D eigenvalue weighted by Gasteiger charge is 2.14. The maximum Gasteiger partial charge on any atom is 0.163 e. The predicted octanol–water partition coefficient (Wildman–Crippen LogP) is 0.809. The molecule has 2 aromatic rings. The number of hydrogen-bond donors (Lipinski definition) is 2. The van der Waals surface area contributed by atoms with E-state index in [2.05, 4.69) is 9.97 Å². The number of ether oxygens (including phenoxy) is 3. The molecule has 2 heterocycles. The highest BCUT2D eigenvalue weighted by Crippen LogP contribution is 2.33. The lowest BCUT2D eigenvalue weighted by molar-refractivity contribution is 0.123. The van der Waals surface area contributed by atoms with Gasteiger partial charge in [-0.05, 0) is 0 Å². The number of imidazole rings is 1. The first-order valence-corrected chi connectivity index (χ1v) is 5.93. The summed E-state index contributed by atoms with van der Waals surface area (Å²) >= 11 is 0. The summed E-state index contributed by atoms with van der Waals surface area (Å²) in [4.78, 5) is 7.63. The second-order valence-corrected chi connectivity index (χ2v) is 4.04. The van der Waals surface area contributed by atoms with Crippen LogP contribution >= 0.6 is 0 Å². The molecule has 0 aliphatic carbocycles. The zero-order chi connectivity index (χ0) is 12.4. The molecule has 0 unspecified atom stereocenters. The molecule has 0 fully saturated rings. The van der Waals surface area contributed by atoms with Gasteiger partial charge >= 0.3 is 0 Å². The third-order valence-corrected chi connectivity index (χ3v) is 2.70. The van der Waals surface area contributed by atoms with Crippen molar-refractivity contribution in [1.29, 1.82) is 0 Å². The molecule has 96 valence electrons. The molecule has 0 atom stereocenters. The molecule has 0 amide bonds. The van der Waals surface area contributed by atoms with Gasteiger partial charge in [0.1, 0.15) is 25.6 Å². The van der Waals surface area contributed by atoms with Crippen molar-refractivity contribution in [2.75, 3.05) is 26.4 Å². The Morgan fingerprint density at radius 3 is 2.83 bits per heavy atom. The Bertz CT molecular complexity index is 510. The lowest BCUT2D eigenvalue weighted by Crippen LogP contribution is -2.15. The van der Waals surface area contributed by atoms with Crippen LogP contribution in [0.15, 0.2) is 12.1 Å². The maximum absolute atomic E-state index is 5.52. The Kier molecular flexibility index (Phi) is 3.04. The van der Waals surface area contributed by atoms with Crippen molar-refractivity contribution in [3.63, 3.8) is 0 Å². The topological polar surface area (TPSA) is 82.4 Å². The lowest BCUT2D eigenvalue weighted by Gasteiger charge is -2.17. The van der Waals surface area contributed by atoms with Crippen molar-refractivity contribution in [2.45, 2.75) is 6.61 Å². The van der Waals surface area contributed by atoms with E-state index in [-0.39, 0.29) is 0 Å². The SMILES string of the molecule is NCCOCc1nc2cc3c(cc2[nH]1)OCCO3. The minimum absolute atomic E-state index is 0.429. The summed E-state index contributed by atoms with van der Waals surface area (Å²) in [5.41, 5.74) is 7.14. The third kappa shape index (κ3) is 2.12. The van der Waals surface area contributed by atoms with Crippen LogP contribution in [0.5, 0.6) is 11.5 Å². The van der Waals surface area contributed by atoms with E-state index in [9.17, 15) is 0 Å². The van der Waals surface area contributed by atoms with Crippen LogP contribution in [0.2, 0.25) is 0 Å². The fourth-order valence-corrected chi connectivity index (χ4v) is 1.92. The van der Waals surface area contributed by atoms with Crippen LogP contribution in [0, 0.1) is 0 Å². The highest BCUT2D eigenvalue weighted by molar-refractivity contribution is 5.79. The van der Waals surface area contributed by atoms with Crippen molar-refractivity contribution in [3.8, 4) is 11.5 Å². The number of hydrogen-bond acceptors (Lipinski definition) is 5. The molecule has 0 bridgehead atoms. The summed E-state index contributed by atoms with van der Waals surface area (Å²) in [5.74, 6) is 2.28.